The first-order chi connectivity index (χ1) is 9.08. The van der Waals surface area contributed by atoms with Crippen molar-refractivity contribution in [2.75, 3.05) is 13.6 Å². The normalized spacial score (nSPS) is 19.2. The Morgan fingerprint density at radius 3 is 2.79 bits per heavy atom. The minimum absolute atomic E-state index is 0.00410. The Bertz CT molecular complexity index is 459. The number of halogens is 2. The van der Waals surface area contributed by atoms with Crippen molar-refractivity contribution >= 4 is 5.91 Å². The molecule has 3 nitrogen and oxygen atoms in total. The Labute approximate surface area is 111 Å². The highest BCUT2D eigenvalue weighted by Crippen LogP contribution is 2.13. The van der Waals surface area contributed by atoms with Crippen LogP contribution >= 0.6 is 0 Å². The molecular weight excluding hydrogens is 250 g/mol. The molecule has 1 heterocycles. The van der Waals surface area contributed by atoms with E-state index in [-0.39, 0.29) is 18.5 Å². The maximum absolute atomic E-state index is 13.1. The predicted molar refractivity (Wildman–Crippen MR) is 68.5 cm³/mol. The summed E-state index contributed by atoms with van der Waals surface area (Å²) in [6, 6.07) is 3.57. The van der Waals surface area contributed by atoms with Crippen LogP contribution in [0.2, 0.25) is 0 Å². The lowest BCUT2D eigenvalue weighted by Crippen LogP contribution is -2.47. The fourth-order valence-corrected chi connectivity index (χ4v) is 2.32. The van der Waals surface area contributed by atoms with Gasteiger partial charge >= 0.3 is 0 Å². The van der Waals surface area contributed by atoms with E-state index in [1.165, 1.54) is 6.07 Å². The van der Waals surface area contributed by atoms with E-state index in [1.807, 2.05) is 0 Å². The third-order valence-corrected chi connectivity index (χ3v) is 3.39. The molecule has 0 spiro atoms. The van der Waals surface area contributed by atoms with Crippen molar-refractivity contribution in [3.8, 4) is 0 Å². The molecule has 1 fully saturated rings. The summed E-state index contributed by atoms with van der Waals surface area (Å²) in [5.74, 6) is -1.75. The maximum atomic E-state index is 13.1. The van der Waals surface area contributed by atoms with Crippen LogP contribution in [-0.2, 0) is 11.3 Å². The number of nitrogens with one attached hydrogen (secondary N) is 1. The summed E-state index contributed by atoms with van der Waals surface area (Å²) in [6.07, 6.45) is 2.97. The summed E-state index contributed by atoms with van der Waals surface area (Å²) in [6.45, 7) is 1.14. The number of likely N-dealkylation sites (N-methyl/N-ethyl adjacent to an activating group) is 1. The number of carbonyl (C=O) groups excluding carboxylic acids is 1. The summed E-state index contributed by atoms with van der Waals surface area (Å²) < 4.78 is 25.9. The quantitative estimate of drug-likeness (QED) is 0.910. The van der Waals surface area contributed by atoms with Crippen molar-refractivity contribution in [2.24, 2.45) is 0 Å². The van der Waals surface area contributed by atoms with Gasteiger partial charge in [0, 0.05) is 13.6 Å². The molecule has 1 atom stereocenters. The number of hydrogen-bond donors (Lipinski definition) is 1. The highest BCUT2D eigenvalue weighted by atomic mass is 19.2. The van der Waals surface area contributed by atoms with Crippen molar-refractivity contribution in [1.82, 2.24) is 10.2 Å². The number of amides is 1. The molecule has 0 aliphatic carbocycles. The minimum Gasteiger partial charge on any atom is -0.340 e. The zero-order valence-electron chi connectivity index (χ0n) is 11.0. The molecule has 1 amide bonds. The van der Waals surface area contributed by atoms with Crippen LogP contribution in [0.25, 0.3) is 0 Å². The molecule has 1 aliphatic rings. The first-order valence-corrected chi connectivity index (χ1v) is 6.50. The fraction of sp³-hybridized carbons (Fsp3) is 0.500. The van der Waals surface area contributed by atoms with E-state index in [9.17, 15) is 13.6 Å². The molecule has 104 valence electrons. The summed E-state index contributed by atoms with van der Waals surface area (Å²) in [5.41, 5.74) is 0.588. The smallest absolute Gasteiger partial charge is 0.239 e. The van der Waals surface area contributed by atoms with E-state index in [1.54, 1.807) is 11.9 Å². The number of carbonyl (C=O) groups is 1. The van der Waals surface area contributed by atoms with Gasteiger partial charge in [0.05, 0.1) is 6.04 Å². The Morgan fingerprint density at radius 1 is 1.37 bits per heavy atom. The molecule has 5 heteroatoms. The third kappa shape index (κ3) is 3.50. The van der Waals surface area contributed by atoms with Gasteiger partial charge in [-0.05, 0) is 37.1 Å². The SMILES string of the molecule is CN(Cc1ccc(F)c(F)c1)C(=O)[C@@H]1CCCCN1. The molecule has 0 unspecified atom stereocenters. The zero-order chi connectivity index (χ0) is 13.8. The van der Waals surface area contributed by atoms with Crippen LogP contribution in [0.3, 0.4) is 0 Å². The lowest BCUT2D eigenvalue weighted by atomic mass is 10.0. The van der Waals surface area contributed by atoms with Gasteiger partial charge in [-0.2, -0.15) is 0 Å². The summed E-state index contributed by atoms with van der Waals surface area (Å²) in [5, 5.41) is 3.18. The maximum Gasteiger partial charge on any atom is 0.239 e. The van der Waals surface area contributed by atoms with E-state index < -0.39 is 11.6 Å². The van der Waals surface area contributed by atoms with Gasteiger partial charge < -0.3 is 10.2 Å². The van der Waals surface area contributed by atoms with Crippen LogP contribution in [0.1, 0.15) is 24.8 Å². The van der Waals surface area contributed by atoms with Gasteiger partial charge in [0.25, 0.3) is 0 Å². The van der Waals surface area contributed by atoms with E-state index in [4.69, 9.17) is 0 Å². The monoisotopic (exact) mass is 268 g/mol. The third-order valence-electron chi connectivity index (χ3n) is 3.39. The molecule has 19 heavy (non-hydrogen) atoms. The highest BCUT2D eigenvalue weighted by Gasteiger charge is 2.23. The van der Waals surface area contributed by atoms with Crippen molar-refractivity contribution < 1.29 is 13.6 Å². The average Bonchev–Trinajstić information content (AvgIpc) is 2.43. The Balaban J connectivity index is 1.97. The van der Waals surface area contributed by atoms with Crippen molar-refractivity contribution in [2.45, 2.75) is 31.8 Å². The summed E-state index contributed by atoms with van der Waals surface area (Å²) in [4.78, 5) is 13.7. The lowest BCUT2D eigenvalue weighted by Gasteiger charge is -2.27. The van der Waals surface area contributed by atoms with Crippen LogP contribution in [0.5, 0.6) is 0 Å². The van der Waals surface area contributed by atoms with Crippen LogP contribution < -0.4 is 5.32 Å². The number of nitrogens with zero attached hydrogens (tertiary/aromatic N) is 1. The van der Waals surface area contributed by atoms with Crippen LogP contribution in [0, 0.1) is 11.6 Å². The molecule has 1 saturated heterocycles. The van der Waals surface area contributed by atoms with Crippen LogP contribution in [0.15, 0.2) is 18.2 Å². The lowest BCUT2D eigenvalue weighted by molar-refractivity contribution is -0.133. The zero-order valence-corrected chi connectivity index (χ0v) is 11.0. The van der Waals surface area contributed by atoms with Gasteiger partial charge in [0.2, 0.25) is 5.91 Å². The Morgan fingerprint density at radius 2 is 2.16 bits per heavy atom. The first kappa shape index (κ1) is 13.9. The van der Waals surface area contributed by atoms with Crippen molar-refractivity contribution in [3.05, 3.63) is 35.4 Å². The van der Waals surface area contributed by atoms with Crippen molar-refractivity contribution in [1.29, 1.82) is 0 Å². The van der Waals surface area contributed by atoms with E-state index in [2.05, 4.69) is 5.32 Å². The molecule has 1 N–H and O–H groups in total. The number of benzene rings is 1. The minimum atomic E-state index is -0.880. The number of piperidine rings is 1. The molecule has 0 radical (unpaired) electrons. The molecule has 0 aromatic heterocycles. The largest absolute Gasteiger partial charge is 0.340 e. The molecular formula is C14H18F2N2O. The molecule has 1 aliphatic heterocycles. The van der Waals surface area contributed by atoms with Crippen molar-refractivity contribution in [3.63, 3.8) is 0 Å². The van der Waals surface area contributed by atoms with Crippen LogP contribution in [-0.4, -0.2) is 30.4 Å². The summed E-state index contributed by atoms with van der Waals surface area (Å²) >= 11 is 0. The second-order valence-corrected chi connectivity index (χ2v) is 4.95. The standard InChI is InChI=1S/C14H18F2N2O/c1-18(14(19)13-4-2-3-7-17-13)9-10-5-6-11(15)12(16)8-10/h5-6,8,13,17H,2-4,7,9H2,1H3/t13-/m0/s1. The van der Waals surface area contributed by atoms with E-state index >= 15 is 0 Å². The van der Waals surface area contributed by atoms with Gasteiger partial charge in [-0.25, -0.2) is 8.78 Å². The number of rotatable bonds is 3. The van der Waals surface area contributed by atoms with E-state index in [0.29, 0.717) is 5.56 Å². The average molecular weight is 268 g/mol. The van der Waals surface area contributed by atoms with Gasteiger partial charge in [-0.15, -0.1) is 0 Å². The molecule has 1 aromatic rings. The molecule has 0 bridgehead atoms. The highest BCUT2D eigenvalue weighted by molar-refractivity contribution is 5.81. The molecule has 0 saturated carbocycles. The van der Waals surface area contributed by atoms with Gasteiger partial charge in [0.15, 0.2) is 11.6 Å². The first-order valence-electron chi connectivity index (χ1n) is 6.50. The molecule has 1 aromatic carbocycles. The van der Waals surface area contributed by atoms with Gasteiger partial charge in [0.1, 0.15) is 0 Å². The topological polar surface area (TPSA) is 32.3 Å². The number of hydrogen-bond acceptors (Lipinski definition) is 2. The van der Waals surface area contributed by atoms with Gasteiger partial charge in [-0.3, -0.25) is 4.79 Å². The van der Waals surface area contributed by atoms with Gasteiger partial charge in [-0.1, -0.05) is 12.5 Å². The van der Waals surface area contributed by atoms with E-state index in [0.717, 1.165) is 37.9 Å². The molecule has 2 rings (SSSR count). The second kappa shape index (κ2) is 6.10. The Hall–Kier alpha value is -1.49. The predicted octanol–water partition coefficient (Wildman–Crippen LogP) is 2.07. The second-order valence-electron chi connectivity index (χ2n) is 4.95. The fourth-order valence-electron chi connectivity index (χ4n) is 2.32. The van der Waals surface area contributed by atoms with Crippen LogP contribution in [0.4, 0.5) is 8.78 Å². The Kier molecular flexibility index (Phi) is 4.47. The summed E-state index contributed by atoms with van der Waals surface area (Å²) in [7, 11) is 1.68.